The molecular weight excluding hydrogens is 350 g/mol. The molecule has 140 valence electrons. The van der Waals surface area contributed by atoms with Gasteiger partial charge < -0.3 is 18.9 Å². The molecule has 0 fully saturated rings. The summed E-state index contributed by atoms with van der Waals surface area (Å²) in [6.45, 7) is 4.76. The highest BCUT2D eigenvalue weighted by atomic mass is 16.5. The van der Waals surface area contributed by atoms with Crippen molar-refractivity contribution >= 4 is 23.4 Å². The second-order valence-corrected chi connectivity index (χ2v) is 6.21. The zero-order valence-electron chi connectivity index (χ0n) is 15.5. The van der Waals surface area contributed by atoms with Crippen LogP contribution in [0.15, 0.2) is 24.5 Å². The lowest BCUT2D eigenvalue weighted by atomic mass is 10.1. The van der Waals surface area contributed by atoms with Crippen molar-refractivity contribution in [3.63, 3.8) is 0 Å². The second kappa shape index (κ2) is 7.06. The van der Waals surface area contributed by atoms with E-state index in [-0.39, 0.29) is 11.4 Å². The first kappa shape index (κ1) is 18.4. The van der Waals surface area contributed by atoms with Crippen LogP contribution in [0, 0.1) is 20.8 Å². The van der Waals surface area contributed by atoms with E-state index in [1.165, 1.54) is 7.11 Å². The number of esters is 2. The lowest BCUT2D eigenvalue weighted by Gasteiger charge is -2.03. The number of imidazole rings is 1. The SMILES string of the molecule is COC(=O)c1c(C)[nH]c(C(=O)COC(=O)c2cn3ccc(C)cc3n2)c1C. The topological polar surface area (TPSA) is 103 Å². The van der Waals surface area contributed by atoms with E-state index < -0.39 is 24.3 Å². The Labute approximate surface area is 155 Å². The molecule has 8 nitrogen and oxygen atoms in total. The third-order valence-electron chi connectivity index (χ3n) is 4.27. The number of aromatic amines is 1. The number of ketones is 1. The van der Waals surface area contributed by atoms with E-state index in [1.54, 1.807) is 30.6 Å². The molecule has 0 saturated heterocycles. The van der Waals surface area contributed by atoms with Crippen LogP contribution in [0.25, 0.3) is 5.65 Å². The molecule has 0 amide bonds. The van der Waals surface area contributed by atoms with Gasteiger partial charge in [0.05, 0.1) is 18.4 Å². The number of hydrogen-bond donors (Lipinski definition) is 1. The molecule has 3 heterocycles. The van der Waals surface area contributed by atoms with E-state index in [0.717, 1.165) is 5.56 Å². The molecule has 0 aliphatic rings. The normalized spacial score (nSPS) is 10.8. The first-order chi connectivity index (χ1) is 12.8. The summed E-state index contributed by atoms with van der Waals surface area (Å²) in [5.74, 6) is -1.67. The molecule has 0 unspecified atom stereocenters. The van der Waals surface area contributed by atoms with Crippen LogP contribution in [0.4, 0.5) is 0 Å². The summed E-state index contributed by atoms with van der Waals surface area (Å²) >= 11 is 0. The number of nitrogens with zero attached hydrogens (tertiary/aromatic N) is 2. The van der Waals surface area contributed by atoms with Crippen LogP contribution in [-0.4, -0.2) is 45.8 Å². The van der Waals surface area contributed by atoms with Crippen molar-refractivity contribution in [2.45, 2.75) is 20.8 Å². The van der Waals surface area contributed by atoms with Crippen LogP contribution >= 0.6 is 0 Å². The van der Waals surface area contributed by atoms with Gasteiger partial charge in [-0.25, -0.2) is 14.6 Å². The number of ether oxygens (including phenoxy) is 2. The zero-order valence-corrected chi connectivity index (χ0v) is 15.5. The third kappa shape index (κ3) is 3.46. The number of carbonyl (C=O) groups is 3. The Morgan fingerprint density at radius 3 is 2.63 bits per heavy atom. The number of carbonyl (C=O) groups excluding carboxylic acids is 3. The Kier molecular flexibility index (Phi) is 4.81. The van der Waals surface area contributed by atoms with Crippen molar-refractivity contribution in [3.05, 3.63) is 58.3 Å². The number of pyridine rings is 1. The molecule has 0 radical (unpaired) electrons. The Bertz CT molecular complexity index is 1060. The lowest BCUT2D eigenvalue weighted by Crippen LogP contribution is -2.16. The van der Waals surface area contributed by atoms with Crippen molar-refractivity contribution < 1.29 is 23.9 Å². The van der Waals surface area contributed by atoms with Crippen LogP contribution in [0.2, 0.25) is 0 Å². The fourth-order valence-corrected chi connectivity index (χ4v) is 2.90. The second-order valence-electron chi connectivity index (χ2n) is 6.21. The molecule has 8 heteroatoms. The number of rotatable bonds is 5. The molecule has 0 atom stereocenters. The Morgan fingerprint density at radius 2 is 1.93 bits per heavy atom. The summed E-state index contributed by atoms with van der Waals surface area (Å²) in [5, 5.41) is 0. The van der Waals surface area contributed by atoms with E-state index in [9.17, 15) is 14.4 Å². The smallest absolute Gasteiger partial charge is 0.359 e. The van der Waals surface area contributed by atoms with Gasteiger partial charge in [-0.05, 0) is 44.0 Å². The Hall–Kier alpha value is -3.42. The molecule has 1 N–H and O–H groups in total. The predicted octanol–water partition coefficient (Wildman–Crippen LogP) is 2.41. The number of H-pyrrole nitrogens is 1. The van der Waals surface area contributed by atoms with Crippen LogP contribution in [0.3, 0.4) is 0 Å². The zero-order chi connectivity index (χ0) is 19.7. The lowest BCUT2D eigenvalue weighted by molar-refractivity contribution is 0.0468. The van der Waals surface area contributed by atoms with E-state index in [4.69, 9.17) is 9.47 Å². The highest BCUT2D eigenvalue weighted by Crippen LogP contribution is 2.19. The van der Waals surface area contributed by atoms with Crippen LogP contribution in [-0.2, 0) is 9.47 Å². The molecule has 0 bridgehead atoms. The molecule has 27 heavy (non-hydrogen) atoms. The number of Topliss-reactive ketones (excluding diaryl/α,β-unsaturated/α-hetero) is 1. The third-order valence-corrected chi connectivity index (χ3v) is 4.27. The van der Waals surface area contributed by atoms with Crippen molar-refractivity contribution in [2.24, 2.45) is 0 Å². The Balaban J connectivity index is 1.73. The molecule has 3 aromatic rings. The minimum Gasteiger partial charge on any atom is -0.465 e. The Morgan fingerprint density at radius 1 is 1.19 bits per heavy atom. The van der Waals surface area contributed by atoms with Gasteiger partial charge in [0, 0.05) is 18.1 Å². The first-order valence-corrected chi connectivity index (χ1v) is 8.25. The van der Waals surface area contributed by atoms with Gasteiger partial charge in [-0.2, -0.15) is 0 Å². The van der Waals surface area contributed by atoms with E-state index in [0.29, 0.717) is 22.5 Å². The van der Waals surface area contributed by atoms with Gasteiger partial charge >= 0.3 is 11.9 Å². The molecule has 3 rings (SSSR count). The summed E-state index contributed by atoms with van der Waals surface area (Å²) in [6, 6.07) is 3.73. The van der Waals surface area contributed by atoms with Gasteiger partial charge in [0.15, 0.2) is 12.3 Å². The summed E-state index contributed by atoms with van der Waals surface area (Å²) in [7, 11) is 1.27. The van der Waals surface area contributed by atoms with Crippen molar-refractivity contribution in [1.29, 1.82) is 0 Å². The maximum absolute atomic E-state index is 12.4. The molecular formula is C19H19N3O5. The highest BCUT2D eigenvalue weighted by molar-refractivity contribution is 6.03. The molecule has 0 saturated carbocycles. The standard InChI is InChI=1S/C19H19N3O5/c1-10-5-6-22-8-13(21-15(22)7-10)18(24)27-9-14(23)17-11(2)16(12(3)20-17)19(25)26-4/h5-8,20H,9H2,1-4H3. The van der Waals surface area contributed by atoms with Crippen LogP contribution in [0.1, 0.15) is 48.2 Å². The average molecular weight is 369 g/mol. The van der Waals surface area contributed by atoms with Gasteiger partial charge in [-0.15, -0.1) is 0 Å². The molecule has 0 aromatic carbocycles. The predicted molar refractivity (Wildman–Crippen MR) is 96.1 cm³/mol. The number of nitrogens with one attached hydrogen (secondary N) is 1. The molecule has 3 aromatic heterocycles. The van der Waals surface area contributed by atoms with Crippen molar-refractivity contribution in [3.8, 4) is 0 Å². The van der Waals surface area contributed by atoms with Gasteiger partial charge in [-0.1, -0.05) is 0 Å². The summed E-state index contributed by atoms with van der Waals surface area (Å²) in [5.41, 5.74) is 3.25. The van der Waals surface area contributed by atoms with E-state index in [2.05, 4.69) is 9.97 Å². The summed E-state index contributed by atoms with van der Waals surface area (Å²) < 4.78 is 11.5. The van der Waals surface area contributed by atoms with Gasteiger partial charge in [0.1, 0.15) is 5.65 Å². The molecule has 0 aliphatic heterocycles. The van der Waals surface area contributed by atoms with Crippen LogP contribution in [0.5, 0.6) is 0 Å². The number of methoxy groups -OCH3 is 1. The quantitative estimate of drug-likeness (QED) is 0.547. The minimum atomic E-state index is -0.696. The van der Waals surface area contributed by atoms with Gasteiger partial charge in [0.2, 0.25) is 5.78 Å². The van der Waals surface area contributed by atoms with E-state index in [1.807, 2.05) is 19.1 Å². The number of fused-ring (bicyclic) bond motifs is 1. The van der Waals surface area contributed by atoms with Crippen molar-refractivity contribution in [2.75, 3.05) is 13.7 Å². The van der Waals surface area contributed by atoms with Crippen molar-refractivity contribution in [1.82, 2.24) is 14.4 Å². The largest absolute Gasteiger partial charge is 0.465 e. The summed E-state index contributed by atoms with van der Waals surface area (Å²) in [4.78, 5) is 43.5. The number of aromatic nitrogens is 3. The molecule has 0 aliphatic carbocycles. The number of hydrogen-bond acceptors (Lipinski definition) is 6. The summed E-state index contributed by atoms with van der Waals surface area (Å²) in [6.07, 6.45) is 3.33. The van der Waals surface area contributed by atoms with E-state index >= 15 is 0 Å². The monoisotopic (exact) mass is 369 g/mol. The van der Waals surface area contributed by atoms with Gasteiger partial charge in [-0.3, -0.25) is 4.79 Å². The van der Waals surface area contributed by atoms with Gasteiger partial charge in [0.25, 0.3) is 0 Å². The fraction of sp³-hybridized carbons (Fsp3) is 0.263. The minimum absolute atomic E-state index is 0.114. The first-order valence-electron chi connectivity index (χ1n) is 8.25. The average Bonchev–Trinajstić information content (AvgIpc) is 3.19. The number of aryl methyl sites for hydroxylation is 2. The maximum Gasteiger partial charge on any atom is 0.359 e. The fourth-order valence-electron chi connectivity index (χ4n) is 2.90. The van der Waals surface area contributed by atoms with Crippen LogP contribution < -0.4 is 0 Å². The highest BCUT2D eigenvalue weighted by Gasteiger charge is 2.23. The molecule has 0 spiro atoms. The maximum atomic E-state index is 12.4.